The number of nitro benzene ring substituents is 1. The summed E-state index contributed by atoms with van der Waals surface area (Å²) in [6.45, 7) is 1.97. The first-order valence-corrected chi connectivity index (χ1v) is 7.38. The lowest BCUT2D eigenvalue weighted by molar-refractivity contribution is -0.384. The highest BCUT2D eigenvalue weighted by molar-refractivity contribution is 9.10. The van der Waals surface area contributed by atoms with Crippen molar-refractivity contribution >= 4 is 38.6 Å². The Labute approximate surface area is 128 Å². The van der Waals surface area contributed by atoms with Gasteiger partial charge < -0.3 is 5.32 Å². The zero-order valence-electron chi connectivity index (χ0n) is 10.5. The minimum atomic E-state index is -0.510. The average Bonchev–Trinajstić information content (AvgIpc) is 2.85. The number of halogens is 1. The Balaban J connectivity index is 2.28. The predicted molar refractivity (Wildman–Crippen MR) is 81.9 cm³/mol. The molecule has 0 saturated heterocycles. The molecule has 1 N–H and O–H groups in total. The summed E-state index contributed by atoms with van der Waals surface area (Å²) in [6.07, 6.45) is 0. The number of benzene rings is 1. The van der Waals surface area contributed by atoms with Crippen molar-refractivity contribution in [2.75, 3.05) is 5.32 Å². The van der Waals surface area contributed by atoms with Gasteiger partial charge in [-0.15, -0.1) is 11.3 Å². The van der Waals surface area contributed by atoms with Gasteiger partial charge in [0.2, 0.25) is 0 Å². The lowest BCUT2D eigenvalue weighted by Gasteiger charge is -2.15. The van der Waals surface area contributed by atoms with Crippen LogP contribution in [0.15, 0.2) is 34.1 Å². The molecule has 1 aromatic heterocycles. The first-order valence-electron chi connectivity index (χ1n) is 5.71. The third-order valence-electron chi connectivity index (χ3n) is 2.74. The molecule has 0 spiro atoms. The molecule has 2 aromatic rings. The van der Waals surface area contributed by atoms with Crippen LogP contribution < -0.4 is 5.32 Å². The van der Waals surface area contributed by atoms with Gasteiger partial charge in [0, 0.05) is 21.5 Å². The lowest BCUT2D eigenvalue weighted by Crippen LogP contribution is -2.07. The van der Waals surface area contributed by atoms with Crippen molar-refractivity contribution in [1.82, 2.24) is 0 Å². The number of thiophene rings is 1. The summed E-state index contributed by atoms with van der Waals surface area (Å²) in [5, 5.41) is 25.0. The van der Waals surface area contributed by atoms with Crippen LogP contribution in [0.5, 0.6) is 0 Å². The third kappa shape index (κ3) is 2.98. The molecule has 1 atom stereocenters. The van der Waals surface area contributed by atoms with E-state index < -0.39 is 4.92 Å². The lowest BCUT2D eigenvalue weighted by atomic mass is 10.1. The highest BCUT2D eigenvalue weighted by Crippen LogP contribution is 2.32. The molecule has 0 saturated carbocycles. The standard InChI is InChI=1S/C13H10BrN3O2S/c1-8(13-11(14)4-5-20-13)16-12-3-2-10(17(18)19)6-9(12)7-15/h2-6,8,16H,1H3. The van der Waals surface area contributed by atoms with E-state index in [9.17, 15) is 10.1 Å². The normalized spacial score (nSPS) is 11.7. The number of nitrogens with one attached hydrogen (secondary N) is 1. The molecule has 20 heavy (non-hydrogen) atoms. The summed E-state index contributed by atoms with van der Waals surface area (Å²) in [7, 11) is 0. The molecule has 7 heteroatoms. The smallest absolute Gasteiger partial charge is 0.270 e. The molecule has 1 aromatic carbocycles. The molecular weight excluding hydrogens is 342 g/mol. The summed E-state index contributed by atoms with van der Waals surface area (Å²) in [6, 6.07) is 8.17. The van der Waals surface area contributed by atoms with Gasteiger partial charge in [-0.1, -0.05) is 0 Å². The molecule has 0 bridgehead atoms. The minimum absolute atomic E-state index is 0.00192. The summed E-state index contributed by atoms with van der Waals surface area (Å²) < 4.78 is 1.00. The first-order chi connectivity index (χ1) is 9.52. The Morgan fingerprint density at radius 2 is 2.25 bits per heavy atom. The van der Waals surface area contributed by atoms with E-state index in [-0.39, 0.29) is 17.3 Å². The molecule has 0 radical (unpaired) electrons. The van der Waals surface area contributed by atoms with E-state index in [2.05, 4.69) is 21.2 Å². The van der Waals surface area contributed by atoms with Crippen LogP contribution in [-0.4, -0.2) is 4.92 Å². The van der Waals surface area contributed by atoms with Gasteiger partial charge in [-0.2, -0.15) is 5.26 Å². The van der Waals surface area contributed by atoms with Gasteiger partial charge in [0.25, 0.3) is 5.69 Å². The number of nitrogens with zero attached hydrogens (tertiary/aromatic N) is 2. The van der Waals surface area contributed by atoms with Crippen LogP contribution in [0.4, 0.5) is 11.4 Å². The first kappa shape index (κ1) is 14.5. The van der Waals surface area contributed by atoms with Crippen molar-refractivity contribution in [3.8, 4) is 6.07 Å². The molecule has 2 rings (SSSR count). The van der Waals surface area contributed by atoms with E-state index in [1.807, 2.05) is 24.4 Å². The summed E-state index contributed by atoms with van der Waals surface area (Å²) in [5.41, 5.74) is 0.765. The zero-order chi connectivity index (χ0) is 14.7. The zero-order valence-corrected chi connectivity index (χ0v) is 12.9. The Bertz CT molecular complexity index is 693. The molecule has 1 unspecified atom stereocenters. The predicted octanol–water partition coefficient (Wildman–Crippen LogP) is 4.46. The van der Waals surface area contributed by atoms with Crippen LogP contribution >= 0.6 is 27.3 Å². The maximum Gasteiger partial charge on any atom is 0.270 e. The van der Waals surface area contributed by atoms with Gasteiger partial charge in [0.1, 0.15) is 6.07 Å². The number of nitro groups is 1. The van der Waals surface area contributed by atoms with Gasteiger partial charge in [0.05, 0.1) is 22.2 Å². The van der Waals surface area contributed by atoms with Crippen LogP contribution in [0.3, 0.4) is 0 Å². The van der Waals surface area contributed by atoms with Crippen molar-refractivity contribution in [2.24, 2.45) is 0 Å². The molecule has 0 amide bonds. The van der Waals surface area contributed by atoms with Crippen LogP contribution in [-0.2, 0) is 0 Å². The number of anilines is 1. The maximum absolute atomic E-state index is 10.7. The SMILES string of the molecule is CC(Nc1ccc([N+](=O)[O-])cc1C#N)c1sccc1Br. The van der Waals surface area contributed by atoms with Crippen LogP contribution in [0.2, 0.25) is 0 Å². The molecule has 0 aliphatic heterocycles. The second kappa shape index (κ2) is 6.03. The van der Waals surface area contributed by atoms with E-state index in [0.29, 0.717) is 5.69 Å². The Kier molecular flexibility index (Phi) is 4.37. The monoisotopic (exact) mass is 351 g/mol. The van der Waals surface area contributed by atoms with Crippen molar-refractivity contribution in [1.29, 1.82) is 5.26 Å². The fraction of sp³-hybridized carbons (Fsp3) is 0.154. The van der Waals surface area contributed by atoms with E-state index in [1.165, 1.54) is 12.1 Å². The van der Waals surface area contributed by atoms with E-state index >= 15 is 0 Å². The van der Waals surface area contributed by atoms with Crippen LogP contribution in [0.1, 0.15) is 23.4 Å². The van der Waals surface area contributed by atoms with Crippen LogP contribution in [0, 0.1) is 21.4 Å². The van der Waals surface area contributed by atoms with Crippen molar-refractivity contribution < 1.29 is 4.92 Å². The fourth-order valence-electron chi connectivity index (χ4n) is 1.78. The molecular formula is C13H10BrN3O2S. The minimum Gasteiger partial charge on any atom is -0.377 e. The average molecular weight is 352 g/mol. The molecule has 0 aliphatic carbocycles. The maximum atomic E-state index is 10.7. The quantitative estimate of drug-likeness (QED) is 0.651. The highest BCUT2D eigenvalue weighted by Gasteiger charge is 2.15. The Morgan fingerprint density at radius 3 is 2.80 bits per heavy atom. The van der Waals surface area contributed by atoms with E-state index in [0.717, 1.165) is 9.35 Å². The highest BCUT2D eigenvalue weighted by atomic mass is 79.9. The second-order valence-corrected chi connectivity index (χ2v) is 5.90. The van der Waals surface area contributed by atoms with Gasteiger partial charge >= 0.3 is 0 Å². The van der Waals surface area contributed by atoms with Gasteiger partial charge in [0.15, 0.2) is 0 Å². The van der Waals surface area contributed by atoms with Gasteiger partial charge in [-0.3, -0.25) is 10.1 Å². The molecule has 5 nitrogen and oxygen atoms in total. The topological polar surface area (TPSA) is 79.0 Å². The Morgan fingerprint density at radius 1 is 1.50 bits per heavy atom. The third-order valence-corrected chi connectivity index (χ3v) is 4.80. The molecule has 1 heterocycles. The Hall–Kier alpha value is -1.91. The van der Waals surface area contributed by atoms with Crippen molar-refractivity contribution in [2.45, 2.75) is 13.0 Å². The number of hydrogen-bond acceptors (Lipinski definition) is 5. The number of non-ortho nitro benzene ring substituents is 1. The second-order valence-electron chi connectivity index (χ2n) is 4.10. The largest absolute Gasteiger partial charge is 0.377 e. The van der Waals surface area contributed by atoms with Crippen molar-refractivity contribution in [3.63, 3.8) is 0 Å². The van der Waals surface area contributed by atoms with Crippen molar-refractivity contribution in [3.05, 3.63) is 54.7 Å². The number of nitriles is 1. The number of rotatable bonds is 4. The summed E-state index contributed by atoms with van der Waals surface area (Å²) >= 11 is 5.06. The summed E-state index contributed by atoms with van der Waals surface area (Å²) in [5.74, 6) is 0. The molecule has 102 valence electrons. The van der Waals surface area contributed by atoms with E-state index in [4.69, 9.17) is 5.26 Å². The van der Waals surface area contributed by atoms with E-state index in [1.54, 1.807) is 17.4 Å². The molecule has 0 fully saturated rings. The van der Waals surface area contributed by atoms with Crippen LogP contribution in [0.25, 0.3) is 0 Å². The number of hydrogen-bond donors (Lipinski definition) is 1. The molecule has 0 aliphatic rings. The van der Waals surface area contributed by atoms with Gasteiger partial charge in [-0.05, 0) is 40.4 Å². The summed E-state index contributed by atoms with van der Waals surface area (Å²) in [4.78, 5) is 11.3. The fourth-order valence-corrected chi connectivity index (χ4v) is 3.50. The van der Waals surface area contributed by atoms with Gasteiger partial charge in [-0.25, -0.2) is 0 Å².